The molecule has 0 saturated carbocycles. The minimum atomic E-state index is 0.544. The number of nitrogens with one attached hydrogen (secondary N) is 2. The second-order valence-electron chi connectivity index (χ2n) is 7.82. The molecule has 0 spiro atoms. The quantitative estimate of drug-likeness (QED) is 0.422. The van der Waals surface area contributed by atoms with Gasteiger partial charge in [-0.25, -0.2) is 0 Å². The zero-order chi connectivity index (χ0) is 21.9. The topological polar surface area (TPSA) is 79.6 Å². The molecule has 1 aromatic heterocycles. The van der Waals surface area contributed by atoms with Gasteiger partial charge in [-0.2, -0.15) is 0 Å². The van der Waals surface area contributed by atoms with Crippen LogP contribution in [0.5, 0.6) is 5.75 Å². The molecule has 0 bridgehead atoms. The molecular weight excluding hydrogens is 390 g/mol. The molecule has 170 valence electrons. The van der Waals surface area contributed by atoms with Crippen molar-refractivity contribution >= 4 is 5.96 Å². The van der Waals surface area contributed by atoms with Crippen LogP contribution < -0.4 is 15.4 Å². The lowest BCUT2D eigenvalue weighted by Crippen LogP contribution is -2.41. The number of rotatable bonds is 11. The molecule has 1 saturated heterocycles. The predicted octanol–water partition coefficient (Wildman–Crippen LogP) is 2.11. The molecule has 2 aromatic rings. The number of ether oxygens (including phenoxy) is 1. The summed E-state index contributed by atoms with van der Waals surface area (Å²) in [6, 6.07) is 8.71. The van der Waals surface area contributed by atoms with Crippen molar-refractivity contribution in [3.05, 3.63) is 42.0 Å². The summed E-state index contributed by atoms with van der Waals surface area (Å²) in [5.74, 6) is 2.80. The third-order valence-corrected chi connectivity index (χ3v) is 5.90. The molecule has 8 nitrogen and oxygen atoms in total. The summed E-state index contributed by atoms with van der Waals surface area (Å²) >= 11 is 0. The number of aromatic nitrogens is 3. The molecule has 1 unspecified atom stereocenters. The van der Waals surface area contributed by atoms with E-state index in [1.165, 1.54) is 24.9 Å². The summed E-state index contributed by atoms with van der Waals surface area (Å²) in [5.41, 5.74) is 1.20. The van der Waals surface area contributed by atoms with Crippen LogP contribution in [0.1, 0.15) is 38.1 Å². The summed E-state index contributed by atoms with van der Waals surface area (Å²) < 4.78 is 7.57. The van der Waals surface area contributed by atoms with Crippen molar-refractivity contribution in [2.24, 2.45) is 4.99 Å². The first kappa shape index (κ1) is 23.1. The van der Waals surface area contributed by atoms with E-state index in [1.54, 1.807) is 13.4 Å². The molecule has 1 aliphatic rings. The maximum absolute atomic E-state index is 5.48. The third-order valence-electron chi connectivity index (χ3n) is 5.90. The van der Waals surface area contributed by atoms with Crippen LogP contribution in [0.25, 0.3) is 0 Å². The first-order valence-electron chi connectivity index (χ1n) is 11.5. The van der Waals surface area contributed by atoms with Crippen molar-refractivity contribution in [2.75, 3.05) is 39.8 Å². The Bertz CT molecular complexity index is 820. The Hall–Kier alpha value is -2.61. The molecule has 2 N–H and O–H groups in total. The Morgan fingerprint density at radius 3 is 2.87 bits per heavy atom. The molecule has 31 heavy (non-hydrogen) atoms. The van der Waals surface area contributed by atoms with Gasteiger partial charge < -0.3 is 19.9 Å². The molecule has 1 atom stereocenters. The highest BCUT2D eigenvalue weighted by atomic mass is 16.5. The molecule has 1 fully saturated rings. The first-order chi connectivity index (χ1) is 15.2. The predicted molar refractivity (Wildman–Crippen MR) is 125 cm³/mol. The largest absolute Gasteiger partial charge is 0.496 e. The molecular formula is C23H37N7O. The zero-order valence-corrected chi connectivity index (χ0v) is 19.2. The Balaban J connectivity index is 1.57. The van der Waals surface area contributed by atoms with Gasteiger partial charge in [0.15, 0.2) is 5.96 Å². The van der Waals surface area contributed by atoms with E-state index in [9.17, 15) is 0 Å². The van der Waals surface area contributed by atoms with Crippen molar-refractivity contribution < 1.29 is 4.74 Å². The van der Waals surface area contributed by atoms with Crippen molar-refractivity contribution in [1.82, 2.24) is 30.3 Å². The number of aliphatic imine (C=N–C) groups is 1. The molecule has 0 radical (unpaired) electrons. The molecule has 2 heterocycles. The Morgan fingerprint density at radius 1 is 1.23 bits per heavy atom. The van der Waals surface area contributed by atoms with E-state index in [4.69, 9.17) is 9.73 Å². The Morgan fingerprint density at radius 2 is 2.06 bits per heavy atom. The molecule has 1 aliphatic heterocycles. The highest BCUT2D eigenvalue weighted by Crippen LogP contribution is 2.18. The van der Waals surface area contributed by atoms with E-state index >= 15 is 0 Å². The van der Waals surface area contributed by atoms with E-state index in [0.717, 1.165) is 63.1 Å². The lowest BCUT2D eigenvalue weighted by atomic mass is 10.1. The Kier molecular flexibility index (Phi) is 9.15. The summed E-state index contributed by atoms with van der Waals surface area (Å²) in [6.45, 7) is 9.82. The monoisotopic (exact) mass is 427 g/mol. The van der Waals surface area contributed by atoms with Crippen LogP contribution in [0.15, 0.2) is 35.6 Å². The third kappa shape index (κ3) is 6.69. The van der Waals surface area contributed by atoms with Crippen molar-refractivity contribution in [1.29, 1.82) is 0 Å². The number of hydrogen-bond donors (Lipinski definition) is 2. The van der Waals surface area contributed by atoms with Crippen LogP contribution in [-0.4, -0.2) is 71.5 Å². The van der Waals surface area contributed by atoms with Gasteiger partial charge in [0.1, 0.15) is 17.9 Å². The van der Waals surface area contributed by atoms with E-state index in [0.29, 0.717) is 6.04 Å². The molecule has 0 aliphatic carbocycles. The van der Waals surface area contributed by atoms with Gasteiger partial charge in [-0.05, 0) is 44.0 Å². The number of benzene rings is 1. The first-order valence-corrected chi connectivity index (χ1v) is 11.5. The lowest BCUT2D eigenvalue weighted by molar-refractivity contribution is 0.273. The second kappa shape index (κ2) is 12.3. The number of likely N-dealkylation sites (N-methyl/N-ethyl adjacent to an activating group) is 1. The van der Waals surface area contributed by atoms with Gasteiger partial charge in [0, 0.05) is 32.1 Å². The van der Waals surface area contributed by atoms with Gasteiger partial charge in [-0.1, -0.05) is 32.0 Å². The average Bonchev–Trinajstić information content (AvgIpc) is 3.46. The lowest BCUT2D eigenvalue weighted by Gasteiger charge is -2.21. The highest BCUT2D eigenvalue weighted by molar-refractivity contribution is 5.79. The van der Waals surface area contributed by atoms with Gasteiger partial charge in [0.25, 0.3) is 0 Å². The van der Waals surface area contributed by atoms with E-state index in [1.807, 2.05) is 12.1 Å². The molecule has 1 aromatic carbocycles. The number of methoxy groups -OCH3 is 1. The van der Waals surface area contributed by atoms with Gasteiger partial charge in [0.2, 0.25) is 0 Å². The van der Waals surface area contributed by atoms with Crippen LogP contribution >= 0.6 is 0 Å². The molecule has 8 heteroatoms. The van der Waals surface area contributed by atoms with Crippen molar-refractivity contribution in [3.8, 4) is 5.75 Å². The van der Waals surface area contributed by atoms with E-state index in [-0.39, 0.29) is 0 Å². The number of para-hydroxylation sites is 1. The van der Waals surface area contributed by atoms with Crippen LogP contribution in [0.4, 0.5) is 0 Å². The number of nitrogens with zero attached hydrogens (tertiary/aromatic N) is 5. The average molecular weight is 428 g/mol. The number of likely N-dealkylation sites (tertiary alicyclic amines) is 1. The standard InChI is InChI=1S/C23H37N7O/c1-4-22-28-27-18-30(22)16-14-25-23(26-17-20-10-8-15-29(20)5-2)24-13-12-19-9-6-7-11-21(19)31-3/h6-7,9,11,18,20H,4-5,8,10,12-17H2,1-3H3,(H2,24,25,26). The number of guanidine groups is 1. The zero-order valence-electron chi connectivity index (χ0n) is 19.2. The SMILES string of the molecule is CCc1nncn1CCNC(=NCC1CCCN1CC)NCCc1ccccc1OC. The fraction of sp³-hybridized carbons (Fsp3) is 0.609. The smallest absolute Gasteiger partial charge is 0.191 e. The van der Waals surface area contributed by atoms with Crippen LogP contribution in [0, 0.1) is 0 Å². The maximum Gasteiger partial charge on any atom is 0.191 e. The van der Waals surface area contributed by atoms with Crippen LogP contribution in [-0.2, 0) is 19.4 Å². The Labute approximate surface area is 186 Å². The summed E-state index contributed by atoms with van der Waals surface area (Å²) in [7, 11) is 1.72. The summed E-state index contributed by atoms with van der Waals surface area (Å²) in [5, 5.41) is 15.2. The van der Waals surface area contributed by atoms with Gasteiger partial charge >= 0.3 is 0 Å². The normalized spacial score (nSPS) is 17.1. The summed E-state index contributed by atoms with van der Waals surface area (Å²) in [4.78, 5) is 7.45. The van der Waals surface area contributed by atoms with Crippen molar-refractivity contribution in [2.45, 2.75) is 52.1 Å². The molecule has 3 rings (SSSR count). The van der Waals surface area contributed by atoms with Crippen LogP contribution in [0.2, 0.25) is 0 Å². The van der Waals surface area contributed by atoms with Crippen LogP contribution in [0.3, 0.4) is 0 Å². The fourth-order valence-electron chi connectivity index (χ4n) is 4.15. The fourth-order valence-corrected chi connectivity index (χ4v) is 4.15. The minimum Gasteiger partial charge on any atom is -0.496 e. The van der Waals surface area contributed by atoms with E-state index in [2.05, 4.69) is 56.3 Å². The number of aryl methyl sites for hydroxylation is 1. The highest BCUT2D eigenvalue weighted by Gasteiger charge is 2.22. The van der Waals surface area contributed by atoms with Gasteiger partial charge in [-0.15, -0.1) is 10.2 Å². The second-order valence-corrected chi connectivity index (χ2v) is 7.82. The van der Waals surface area contributed by atoms with Crippen molar-refractivity contribution in [3.63, 3.8) is 0 Å². The minimum absolute atomic E-state index is 0.544. The maximum atomic E-state index is 5.48. The van der Waals surface area contributed by atoms with Gasteiger partial charge in [0.05, 0.1) is 13.7 Å². The molecule has 0 amide bonds. The summed E-state index contributed by atoms with van der Waals surface area (Å²) in [6.07, 6.45) is 6.05. The van der Waals surface area contributed by atoms with E-state index < -0.39 is 0 Å². The van der Waals surface area contributed by atoms with Gasteiger partial charge in [-0.3, -0.25) is 9.89 Å². The number of hydrogen-bond acceptors (Lipinski definition) is 5.